The second kappa shape index (κ2) is 40.1. The third kappa shape index (κ3) is 43.3. The standard InChI is InChI=1S/C48H86NO8P/c1-6-8-10-12-14-16-18-20-22-23-24-25-27-29-31-33-35-37-39-41-48(51)57-46(45-56-58(52,53)55-43-42-49(3,4)5)44-54-47(50)40-38-36-34-32-30-28-26-21-19-17-15-13-11-9-7-2/h14,16,20,22,24-25,29,31,35,37,46H,6-13,15,17-19,21,23,26-28,30,32-34,36,38-45H2,1-5H3/p+1/b16-14-,22-20-,25-24-,31-29-,37-35-. The second-order valence-corrected chi connectivity index (χ2v) is 17.9. The predicted molar refractivity (Wildman–Crippen MR) is 243 cm³/mol. The molecule has 0 aliphatic carbocycles. The van der Waals surface area contributed by atoms with Crippen LogP contribution in [0.5, 0.6) is 0 Å². The Morgan fingerprint density at radius 3 is 1.45 bits per heavy atom. The Bertz CT molecular complexity index is 1170. The van der Waals surface area contributed by atoms with Gasteiger partial charge in [0.25, 0.3) is 0 Å². The number of rotatable bonds is 41. The van der Waals surface area contributed by atoms with E-state index in [1.54, 1.807) is 0 Å². The SMILES string of the molecule is CCCCC/C=C\C/C=C\C/C=C\C/C=C\C/C=C\CCC(=O)OC(COC(=O)CCCCCCCCCCCCCCCCC)COP(=O)(O)OCC[N+](C)(C)C. The van der Waals surface area contributed by atoms with Crippen molar-refractivity contribution in [1.82, 2.24) is 0 Å². The third-order valence-corrected chi connectivity index (χ3v) is 10.5. The molecule has 0 aromatic heterocycles. The van der Waals surface area contributed by atoms with Gasteiger partial charge >= 0.3 is 19.8 Å². The molecule has 0 rings (SSSR count). The van der Waals surface area contributed by atoms with E-state index >= 15 is 0 Å². The average Bonchev–Trinajstić information content (AvgIpc) is 3.17. The van der Waals surface area contributed by atoms with Gasteiger partial charge in [0.1, 0.15) is 19.8 Å². The molecule has 0 saturated heterocycles. The lowest BCUT2D eigenvalue weighted by atomic mass is 10.0. The summed E-state index contributed by atoms with van der Waals surface area (Å²) in [4.78, 5) is 35.4. The van der Waals surface area contributed by atoms with Gasteiger partial charge in [0, 0.05) is 12.8 Å². The number of quaternary nitrogens is 1. The summed E-state index contributed by atoms with van der Waals surface area (Å²) in [6, 6.07) is 0. The molecule has 0 spiro atoms. The number of esters is 2. The van der Waals surface area contributed by atoms with E-state index in [9.17, 15) is 19.0 Å². The highest BCUT2D eigenvalue weighted by atomic mass is 31.2. The topological polar surface area (TPSA) is 108 Å². The molecule has 2 unspecified atom stereocenters. The average molecular weight is 837 g/mol. The van der Waals surface area contributed by atoms with Crippen LogP contribution in [0.25, 0.3) is 0 Å². The van der Waals surface area contributed by atoms with Crippen molar-refractivity contribution in [2.45, 2.75) is 187 Å². The molecule has 9 nitrogen and oxygen atoms in total. The van der Waals surface area contributed by atoms with Crippen LogP contribution in [-0.4, -0.2) is 74.9 Å². The first kappa shape index (κ1) is 55.7. The summed E-state index contributed by atoms with van der Waals surface area (Å²) in [5.74, 6) is -0.893. The summed E-state index contributed by atoms with van der Waals surface area (Å²) in [6.45, 7) is 4.31. The van der Waals surface area contributed by atoms with Crippen molar-refractivity contribution in [1.29, 1.82) is 0 Å². The van der Waals surface area contributed by atoms with Crippen LogP contribution in [0.3, 0.4) is 0 Å². The zero-order chi connectivity index (χ0) is 42.8. The summed E-state index contributed by atoms with van der Waals surface area (Å²) < 4.78 is 34.2. The number of nitrogens with zero attached hydrogens (tertiary/aromatic N) is 1. The molecule has 0 fully saturated rings. The maximum absolute atomic E-state index is 12.7. The van der Waals surface area contributed by atoms with Gasteiger partial charge in [-0.1, -0.05) is 177 Å². The summed E-state index contributed by atoms with van der Waals surface area (Å²) in [6.07, 6.45) is 48.5. The second-order valence-electron chi connectivity index (χ2n) is 16.4. The van der Waals surface area contributed by atoms with Gasteiger partial charge in [0.2, 0.25) is 0 Å². The van der Waals surface area contributed by atoms with E-state index in [0.29, 0.717) is 17.4 Å². The van der Waals surface area contributed by atoms with Crippen molar-refractivity contribution in [3.63, 3.8) is 0 Å². The number of allylic oxidation sites excluding steroid dienone is 10. The Labute approximate surface area is 356 Å². The van der Waals surface area contributed by atoms with E-state index in [4.69, 9.17) is 18.5 Å². The maximum atomic E-state index is 12.7. The fourth-order valence-electron chi connectivity index (χ4n) is 5.94. The molecule has 336 valence electrons. The number of carbonyl (C=O) groups excluding carboxylic acids is 2. The zero-order valence-corrected chi connectivity index (χ0v) is 38.7. The fourth-order valence-corrected chi connectivity index (χ4v) is 6.68. The lowest BCUT2D eigenvalue weighted by Crippen LogP contribution is -2.37. The molecule has 0 aromatic rings. The Balaban J connectivity index is 4.46. The van der Waals surface area contributed by atoms with Gasteiger partial charge in [0.15, 0.2) is 6.10 Å². The monoisotopic (exact) mass is 837 g/mol. The highest BCUT2D eigenvalue weighted by molar-refractivity contribution is 7.47. The number of phosphoric acid groups is 1. The van der Waals surface area contributed by atoms with Crippen LogP contribution in [0.15, 0.2) is 60.8 Å². The van der Waals surface area contributed by atoms with Crippen molar-refractivity contribution in [3.05, 3.63) is 60.8 Å². The quantitative estimate of drug-likeness (QED) is 0.0213. The first-order valence-electron chi connectivity index (χ1n) is 23.0. The number of likely N-dealkylation sites (N-methyl/N-ethyl adjacent to an activating group) is 1. The van der Waals surface area contributed by atoms with Gasteiger partial charge in [-0.15, -0.1) is 0 Å². The first-order chi connectivity index (χ1) is 28.0. The number of carbonyl (C=O) groups is 2. The van der Waals surface area contributed by atoms with E-state index in [-0.39, 0.29) is 32.0 Å². The summed E-state index contributed by atoms with van der Waals surface area (Å²) in [5.41, 5.74) is 0. The van der Waals surface area contributed by atoms with Crippen molar-refractivity contribution in [2.75, 3.05) is 47.5 Å². The van der Waals surface area contributed by atoms with Gasteiger partial charge in [-0.2, -0.15) is 0 Å². The maximum Gasteiger partial charge on any atom is 0.472 e. The molecular weight excluding hydrogens is 750 g/mol. The van der Waals surface area contributed by atoms with Crippen LogP contribution in [-0.2, 0) is 32.7 Å². The van der Waals surface area contributed by atoms with Crippen LogP contribution in [0, 0.1) is 0 Å². The van der Waals surface area contributed by atoms with Gasteiger partial charge in [-0.25, -0.2) is 4.57 Å². The Hall–Kier alpha value is -2.29. The lowest BCUT2D eigenvalue weighted by molar-refractivity contribution is -0.870. The van der Waals surface area contributed by atoms with Crippen LogP contribution in [0.1, 0.15) is 181 Å². The molecule has 2 atom stereocenters. The minimum Gasteiger partial charge on any atom is -0.462 e. The van der Waals surface area contributed by atoms with Gasteiger partial charge in [-0.05, 0) is 51.4 Å². The molecule has 0 aromatic carbocycles. The van der Waals surface area contributed by atoms with Crippen LogP contribution in [0.4, 0.5) is 0 Å². The van der Waals surface area contributed by atoms with Crippen molar-refractivity contribution in [3.8, 4) is 0 Å². The summed E-state index contributed by atoms with van der Waals surface area (Å²) >= 11 is 0. The number of unbranched alkanes of at least 4 members (excludes halogenated alkanes) is 17. The summed E-state index contributed by atoms with van der Waals surface area (Å²) in [5, 5.41) is 0. The minimum atomic E-state index is -4.40. The molecule has 0 radical (unpaired) electrons. The predicted octanol–water partition coefficient (Wildman–Crippen LogP) is 13.2. The molecular formula is C48H87NO8P+. The van der Waals surface area contributed by atoms with Crippen molar-refractivity contribution in [2.24, 2.45) is 0 Å². The molecule has 1 N–H and O–H groups in total. The van der Waals surface area contributed by atoms with Crippen LogP contribution >= 0.6 is 7.82 Å². The number of phosphoric ester groups is 1. The molecule has 10 heteroatoms. The van der Waals surface area contributed by atoms with E-state index in [1.807, 2.05) is 33.3 Å². The Kier molecular flexibility index (Phi) is 38.5. The number of hydrogen-bond acceptors (Lipinski definition) is 7. The normalized spacial score (nSPS) is 14.1. The number of ether oxygens (including phenoxy) is 2. The Morgan fingerprint density at radius 1 is 0.534 bits per heavy atom. The van der Waals surface area contributed by atoms with E-state index in [2.05, 4.69) is 62.5 Å². The van der Waals surface area contributed by atoms with E-state index in [0.717, 1.165) is 44.9 Å². The fraction of sp³-hybridized carbons (Fsp3) is 0.750. The summed E-state index contributed by atoms with van der Waals surface area (Å²) in [7, 11) is 1.43. The van der Waals surface area contributed by atoms with Gasteiger partial charge < -0.3 is 18.9 Å². The molecule has 0 amide bonds. The first-order valence-corrected chi connectivity index (χ1v) is 24.5. The van der Waals surface area contributed by atoms with Crippen LogP contribution < -0.4 is 0 Å². The highest BCUT2D eigenvalue weighted by Gasteiger charge is 2.27. The van der Waals surface area contributed by atoms with Crippen molar-refractivity contribution >= 4 is 19.8 Å². The molecule has 0 heterocycles. The minimum absolute atomic E-state index is 0.0172. The molecule has 0 aliphatic heterocycles. The highest BCUT2D eigenvalue weighted by Crippen LogP contribution is 2.43. The van der Waals surface area contributed by atoms with E-state index in [1.165, 1.54) is 103 Å². The van der Waals surface area contributed by atoms with Crippen molar-refractivity contribution < 1.29 is 42.1 Å². The number of hydrogen-bond donors (Lipinski definition) is 1. The largest absolute Gasteiger partial charge is 0.472 e. The molecule has 0 aliphatic rings. The third-order valence-electron chi connectivity index (χ3n) is 9.56. The van der Waals surface area contributed by atoms with E-state index < -0.39 is 26.5 Å². The van der Waals surface area contributed by atoms with Gasteiger partial charge in [-0.3, -0.25) is 18.6 Å². The molecule has 0 saturated carbocycles. The lowest BCUT2D eigenvalue weighted by Gasteiger charge is -2.24. The zero-order valence-electron chi connectivity index (χ0n) is 37.8. The van der Waals surface area contributed by atoms with Gasteiger partial charge in [0.05, 0.1) is 27.7 Å². The van der Waals surface area contributed by atoms with Crippen LogP contribution in [0.2, 0.25) is 0 Å². The molecule has 0 bridgehead atoms. The Morgan fingerprint density at radius 2 is 0.966 bits per heavy atom. The molecule has 58 heavy (non-hydrogen) atoms. The smallest absolute Gasteiger partial charge is 0.462 e.